The van der Waals surface area contributed by atoms with Crippen molar-refractivity contribution in [2.45, 2.75) is 20.3 Å². The standard InChI is InChI=1S/C14H21N5O2/c1-14(2,12(15)21)10-11(20)18-6-8-19(9-7-18)13-16-4-3-5-17-13/h3-5H,6-10H2,1-2H3,(H2,15,21). The van der Waals surface area contributed by atoms with Gasteiger partial charge < -0.3 is 15.5 Å². The molecule has 7 nitrogen and oxygen atoms in total. The first-order chi connectivity index (χ1) is 9.90. The second kappa shape index (κ2) is 6.07. The molecule has 7 heteroatoms. The van der Waals surface area contributed by atoms with Gasteiger partial charge in [-0.15, -0.1) is 0 Å². The van der Waals surface area contributed by atoms with E-state index in [0.717, 1.165) is 0 Å². The van der Waals surface area contributed by atoms with Crippen LogP contribution >= 0.6 is 0 Å². The number of rotatable bonds is 4. The van der Waals surface area contributed by atoms with Gasteiger partial charge in [0.05, 0.1) is 5.41 Å². The van der Waals surface area contributed by atoms with Gasteiger partial charge in [0.2, 0.25) is 17.8 Å². The van der Waals surface area contributed by atoms with Gasteiger partial charge in [0, 0.05) is 45.0 Å². The van der Waals surface area contributed by atoms with E-state index in [4.69, 9.17) is 5.73 Å². The fourth-order valence-electron chi connectivity index (χ4n) is 2.19. The maximum absolute atomic E-state index is 12.2. The number of carbonyl (C=O) groups excluding carboxylic acids is 2. The number of carbonyl (C=O) groups is 2. The van der Waals surface area contributed by atoms with Crippen molar-refractivity contribution in [2.75, 3.05) is 31.1 Å². The Morgan fingerprint density at radius 1 is 1.19 bits per heavy atom. The summed E-state index contributed by atoms with van der Waals surface area (Å²) in [6.45, 7) is 5.97. The summed E-state index contributed by atoms with van der Waals surface area (Å²) in [4.78, 5) is 35.8. The summed E-state index contributed by atoms with van der Waals surface area (Å²) in [7, 11) is 0. The first kappa shape index (κ1) is 15.2. The summed E-state index contributed by atoms with van der Waals surface area (Å²) in [6, 6.07) is 1.77. The summed E-state index contributed by atoms with van der Waals surface area (Å²) in [6.07, 6.45) is 3.55. The van der Waals surface area contributed by atoms with E-state index in [9.17, 15) is 9.59 Å². The molecular formula is C14H21N5O2. The van der Waals surface area contributed by atoms with Gasteiger partial charge >= 0.3 is 0 Å². The van der Waals surface area contributed by atoms with Crippen molar-refractivity contribution in [1.82, 2.24) is 14.9 Å². The molecule has 2 amide bonds. The van der Waals surface area contributed by atoms with Gasteiger partial charge in [0.1, 0.15) is 0 Å². The van der Waals surface area contributed by atoms with Gasteiger partial charge in [-0.05, 0) is 6.07 Å². The Bertz CT molecular complexity index is 509. The minimum Gasteiger partial charge on any atom is -0.369 e. The number of piperazine rings is 1. The molecule has 2 rings (SSSR count). The van der Waals surface area contributed by atoms with Gasteiger partial charge in [-0.2, -0.15) is 0 Å². The van der Waals surface area contributed by atoms with Gasteiger partial charge in [-0.25, -0.2) is 9.97 Å². The van der Waals surface area contributed by atoms with Crippen LogP contribution in [-0.4, -0.2) is 52.9 Å². The molecule has 1 aliphatic heterocycles. The fourth-order valence-corrected chi connectivity index (χ4v) is 2.19. The first-order valence-corrected chi connectivity index (χ1v) is 7.00. The van der Waals surface area contributed by atoms with E-state index in [2.05, 4.69) is 9.97 Å². The molecule has 0 radical (unpaired) electrons. The van der Waals surface area contributed by atoms with E-state index in [0.29, 0.717) is 32.1 Å². The number of anilines is 1. The zero-order valence-corrected chi connectivity index (χ0v) is 12.5. The Hall–Kier alpha value is -2.18. The predicted molar refractivity (Wildman–Crippen MR) is 78.4 cm³/mol. The molecule has 1 fully saturated rings. The van der Waals surface area contributed by atoms with Crippen LogP contribution in [0.3, 0.4) is 0 Å². The van der Waals surface area contributed by atoms with Crippen molar-refractivity contribution in [3.8, 4) is 0 Å². The smallest absolute Gasteiger partial charge is 0.225 e. The van der Waals surface area contributed by atoms with Crippen LogP contribution < -0.4 is 10.6 Å². The van der Waals surface area contributed by atoms with Crippen LogP contribution in [0.2, 0.25) is 0 Å². The summed E-state index contributed by atoms with van der Waals surface area (Å²) < 4.78 is 0. The van der Waals surface area contributed by atoms with Crippen molar-refractivity contribution in [3.63, 3.8) is 0 Å². The van der Waals surface area contributed by atoms with Crippen LogP contribution in [0.1, 0.15) is 20.3 Å². The third-order valence-corrected chi connectivity index (χ3v) is 3.73. The molecule has 1 saturated heterocycles. The molecule has 0 atom stereocenters. The molecular weight excluding hydrogens is 270 g/mol. The van der Waals surface area contributed by atoms with E-state index in [1.165, 1.54) is 0 Å². The van der Waals surface area contributed by atoms with E-state index >= 15 is 0 Å². The number of aromatic nitrogens is 2. The number of nitrogens with two attached hydrogens (primary N) is 1. The van der Waals surface area contributed by atoms with Crippen molar-refractivity contribution in [2.24, 2.45) is 11.1 Å². The van der Waals surface area contributed by atoms with E-state index in [1.807, 2.05) is 4.90 Å². The number of hydrogen-bond acceptors (Lipinski definition) is 5. The van der Waals surface area contributed by atoms with Crippen molar-refractivity contribution >= 4 is 17.8 Å². The summed E-state index contributed by atoms with van der Waals surface area (Å²) in [5.41, 5.74) is 4.50. The lowest BCUT2D eigenvalue weighted by atomic mass is 9.88. The summed E-state index contributed by atoms with van der Waals surface area (Å²) in [5, 5.41) is 0. The SMILES string of the molecule is CC(C)(CC(=O)N1CCN(c2ncccn2)CC1)C(N)=O. The molecule has 0 bridgehead atoms. The van der Waals surface area contributed by atoms with E-state index in [1.54, 1.807) is 37.2 Å². The molecule has 1 aromatic heterocycles. The molecule has 21 heavy (non-hydrogen) atoms. The quantitative estimate of drug-likeness (QED) is 0.844. The Morgan fingerprint density at radius 2 is 1.76 bits per heavy atom. The van der Waals surface area contributed by atoms with Crippen LogP contribution in [0.5, 0.6) is 0 Å². The first-order valence-electron chi connectivity index (χ1n) is 7.00. The predicted octanol–water partition coefficient (Wildman–Crippen LogP) is 0.0268. The maximum Gasteiger partial charge on any atom is 0.225 e. The number of nitrogens with zero attached hydrogens (tertiary/aromatic N) is 4. The fraction of sp³-hybridized carbons (Fsp3) is 0.571. The lowest BCUT2D eigenvalue weighted by molar-refractivity contribution is -0.138. The highest BCUT2D eigenvalue weighted by molar-refractivity contribution is 5.87. The second-order valence-corrected chi connectivity index (χ2v) is 5.84. The van der Waals surface area contributed by atoms with Gasteiger partial charge in [0.25, 0.3) is 0 Å². The highest BCUT2D eigenvalue weighted by atomic mass is 16.2. The summed E-state index contributed by atoms with van der Waals surface area (Å²) in [5.74, 6) is 0.196. The molecule has 2 heterocycles. The van der Waals surface area contributed by atoms with Crippen molar-refractivity contribution in [3.05, 3.63) is 18.5 Å². The maximum atomic E-state index is 12.2. The number of primary amides is 1. The van der Waals surface area contributed by atoms with Crippen molar-refractivity contribution in [1.29, 1.82) is 0 Å². The Kier molecular flexibility index (Phi) is 4.40. The molecule has 2 N–H and O–H groups in total. The van der Waals surface area contributed by atoms with Crippen LogP contribution in [0.4, 0.5) is 5.95 Å². The van der Waals surface area contributed by atoms with Crippen LogP contribution in [-0.2, 0) is 9.59 Å². The summed E-state index contributed by atoms with van der Waals surface area (Å²) >= 11 is 0. The monoisotopic (exact) mass is 291 g/mol. The molecule has 0 aromatic carbocycles. The van der Waals surface area contributed by atoms with Gasteiger partial charge in [-0.1, -0.05) is 13.8 Å². The second-order valence-electron chi connectivity index (χ2n) is 5.84. The molecule has 0 saturated carbocycles. The Morgan fingerprint density at radius 3 is 2.29 bits per heavy atom. The topological polar surface area (TPSA) is 92.4 Å². The van der Waals surface area contributed by atoms with Crippen LogP contribution in [0.15, 0.2) is 18.5 Å². The normalized spacial score (nSPS) is 15.9. The molecule has 0 unspecified atom stereocenters. The minimum atomic E-state index is -0.809. The highest BCUT2D eigenvalue weighted by Gasteiger charge is 2.31. The Labute approximate surface area is 124 Å². The third kappa shape index (κ3) is 3.68. The largest absolute Gasteiger partial charge is 0.369 e. The molecule has 0 spiro atoms. The number of hydrogen-bond donors (Lipinski definition) is 1. The zero-order valence-electron chi connectivity index (χ0n) is 12.5. The van der Waals surface area contributed by atoms with E-state index in [-0.39, 0.29) is 12.3 Å². The van der Waals surface area contributed by atoms with Gasteiger partial charge in [-0.3, -0.25) is 9.59 Å². The lowest BCUT2D eigenvalue weighted by Crippen LogP contribution is -2.50. The molecule has 0 aliphatic carbocycles. The lowest BCUT2D eigenvalue weighted by Gasteiger charge is -2.35. The van der Waals surface area contributed by atoms with Crippen LogP contribution in [0.25, 0.3) is 0 Å². The molecule has 1 aliphatic rings. The Balaban J connectivity index is 1.89. The zero-order chi connectivity index (χ0) is 15.5. The van der Waals surface area contributed by atoms with Gasteiger partial charge in [0.15, 0.2) is 0 Å². The highest BCUT2D eigenvalue weighted by Crippen LogP contribution is 2.21. The minimum absolute atomic E-state index is 0.0348. The average Bonchev–Trinajstić information content (AvgIpc) is 2.48. The molecule has 1 aromatic rings. The van der Waals surface area contributed by atoms with Crippen LogP contribution in [0, 0.1) is 5.41 Å². The molecule has 114 valence electrons. The number of amides is 2. The van der Waals surface area contributed by atoms with E-state index < -0.39 is 11.3 Å². The average molecular weight is 291 g/mol. The third-order valence-electron chi connectivity index (χ3n) is 3.73. The van der Waals surface area contributed by atoms with Crippen molar-refractivity contribution < 1.29 is 9.59 Å².